The van der Waals surface area contributed by atoms with E-state index in [-0.39, 0.29) is 11.4 Å². The Morgan fingerprint density at radius 1 is 1.30 bits per heavy atom. The van der Waals surface area contributed by atoms with Gasteiger partial charge in [0.2, 0.25) is 10.0 Å². The number of benzene rings is 1. The molecule has 3 aromatic rings. The number of hydrogen-bond donors (Lipinski definition) is 3. The van der Waals surface area contributed by atoms with Crippen LogP contribution < -0.4 is 10.5 Å². The van der Waals surface area contributed by atoms with Crippen molar-refractivity contribution in [1.82, 2.24) is 19.9 Å². The zero-order chi connectivity index (χ0) is 16.6. The number of aryl methyl sites for hydroxylation is 2. The SMILES string of the molecule is Cc1cc2c(N)nccc2c(C)c1CNS(=O)(=O)c1cn[nH]c1. The molecule has 0 bridgehead atoms. The minimum Gasteiger partial charge on any atom is -0.383 e. The maximum atomic E-state index is 12.2. The third-order valence-corrected chi connectivity index (χ3v) is 5.31. The fourth-order valence-corrected chi connectivity index (χ4v) is 3.54. The van der Waals surface area contributed by atoms with Crippen LogP contribution in [0.5, 0.6) is 0 Å². The highest BCUT2D eigenvalue weighted by Gasteiger charge is 2.17. The Bertz CT molecular complexity index is 965. The summed E-state index contributed by atoms with van der Waals surface area (Å²) < 4.78 is 27.0. The molecule has 2 aromatic heterocycles. The quantitative estimate of drug-likeness (QED) is 0.672. The number of pyridine rings is 1. The van der Waals surface area contributed by atoms with Crippen molar-refractivity contribution < 1.29 is 8.42 Å². The number of nitrogens with one attached hydrogen (secondary N) is 2. The first-order chi connectivity index (χ1) is 10.9. The average Bonchev–Trinajstić information content (AvgIpc) is 3.03. The van der Waals surface area contributed by atoms with Gasteiger partial charge in [0.05, 0.1) is 6.20 Å². The van der Waals surface area contributed by atoms with E-state index in [1.807, 2.05) is 26.0 Å². The van der Waals surface area contributed by atoms with E-state index < -0.39 is 10.0 Å². The molecule has 0 aliphatic carbocycles. The Balaban J connectivity index is 1.98. The molecule has 1 aromatic carbocycles. The van der Waals surface area contributed by atoms with E-state index in [9.17, 15) is 8.42 Å². The molecule has 0 saturated heterocycles. The summed E-state index contributed by atoms with van der Waals surface area (Å²) in [5.41, 5.74) is 8.80. The van der Waals surface area contributed by atoms with Crippen LogP contribution >= 0.6 is 0 Å². The zero-order valence-electron chi connectivity index (χ0n) is 12.8. The van der Waals surface area contributed by atoms with E-state index >= 15 is 0 Å². The maximum absolute atomic E-state index is 12.2. The van der Waals surface area contributed by atoms with Gasteiger partial charge in [-0.1, -0.05) is 0 Å². The number of aromatic amines is 1. The summed E-state index contributed by atoms with van der Waals surface area (Å²) in [6.07, 6.45) is 4.27. The lowest BCUT2D eigenvalue weighted by molar-refractivity contribution is 0.581. The molecule has 0 saturated carbocycles. The summed E-state index contributed by atoms with van der Waals surface area (Å²) >= 11 is 0. The fourth-order valence-electron chi connectivity index (χ4n) is 2.64. The van der Waals surface area contributed by atoms with Crippen LogP contribution in [0.15, 0.2) is 35.6 Å². The predicted octanol–water partition coefficient (Wildman–Crippen LogP) is 1.64. The van der Waals surface area contributed by atoms with Gasteiger partial charge < -0.3 is 5.73 Å². The van der Waals surface area contributed by atoms with Crippen LogP contribution in [0.2, 0.25) is 0 Å². The predicted molar refractivity (Wildman–Crippen MR) is 88.2 cm³/mol. The van der Waals surface area contributed by atoms with Gasteiger partial charge in [-0.25, -0.2) is 18.1 Å². The van der Waals surface area contributed by atoms with Crippen molar-refractivity contribution in [3.63, 3.8) is 0 Å². The molecule has 0 amide bonds. The average molecular weight is 331 g/mol. The number of sulfonamides is 1. The van der Waals surface area contributed by atoms with E-state index in [0.717, 1.165) is 27.5 Å². The second kappa shape index (κ2) is 5.64. The van der Waals surface area contributed by atoms with Crippen molar-refractivity contribution in [1.29, 1.82) is 0 Å². The molecule has 0 aliphatic rings. The molecule has 0 spiro atoms. The van der Waals surface area contributed by atoms with Crippen molar-refractivity contribution >= 4 is 26.6 Å². The Kier molecular flexibility index (Phi) is 3.78. The van der Waals surface area contributed by atoms with Crippen molar-refractivity contribution in [2.75, 3.05) is 5.73 Å². The summed E-state index contributed by atoms with van der Waals surface area (Å²) in [6.45, 7) is 4.08. The van der Waals surface area contributed by atoms with Crippen LogP contribution in [0.3, 0.4) is 0 Å². The summed E-state index contributed by atoms with van der Waals surface area (Å²) in [6, 6.07) is 3.82. The first-order valence-electron chi connectivity index (χ1n) is 7.02. The monoisotopic (exact) mass is 331 g/mol. The third-order valence-electron chi connectivity index (χ3n) is 3.94. The van der Waals surface area contributed by atoms with E-state index in [2.05, 4.69) is 19.9 Å². The van der Waals surface area contributed by atoms with Crippen LogP contribution in [0.1, 0.15) is 16.7 Å². The first kappa shape index (κ1) is 15.4. The minimum atomic E-state index is -3.59. The third kappa shape index (κ3) is 2.78. The number of rotatable bonds is 4. The summed E-state index contributed by atoms with van der Waals surface area (Å²) in [7, 11) is -3.59. The normalized spacial score (nSPS) is 11.9. The molecular weight excluding hydrogens is 314 g/mol. The molecule has 2 heterocycles. The number of H-pyrrole nitrogens is 1. The molecule has 120 valence electrons. The van der Waals surface area contributed by atoms with E-state index in [1.165, 1.54) is 12.4 Å². The van der Waals surface area contributed by atoms with Gasteiger partial charge in [0, 0.05) is 24.3 Å². The highest BCUT2D eigenvalue weighted by atomic mass is 32.2. The molecule has 0 aliphatic heterocycles. The van der Waals surface area contributed by atoms with Crippen LogP contribution in [-0.4, -0.2) is 23.6 Å². The number of nitrogen functional groups attached to an aromatic ring is 1. The van der Waals surface area contributed by atoms with Crippen LogP contribution in [0.4, 0.5) is 5.82 Å². The van der Waals surface area contributed by atoms with E-state index in [0.29, 0.717) is 5.82 Å². The Hall–Kier alpha value is -2.45. The maximum Gasteiger partial charge on any atom is 0.243 e. The van der Waals surface area contributed by atoms with Crippen molar-refractivity contribution in [3.05, 3.63) is 47.4 Å². The molecule has 8 heteroatoms. The zero-order valence-corrected chi connectivity index (χ0v) is 13.6. The second-order valence-electron chi connectivity index (χ2n) is 5.35. The van der Waals surface area contributed by atoms with Gasteiger partial charge in [-0.2, -0.15) is 5.10 Å². The Labute approximate surface area is 134 Å². The minimum absolute atomic E-state index is 0.113. The topological polar surface area (TPSA) is 114 Å². The standard InChI is InChI=1S/C15H17N5O2S/c1-9-5-13-12(3-4-17-15(13)16)10(2)14(9)8-20-23(21,22)11-6-18-19-7-11/h3-7,20H,8H2,1-2H3,(H2,16,17)(H,18,19). The second-order valence-corrected chi connectivity index (χ2v) is 7.11. The van der Waals surface area contributed by atoms with Gasteiger partial charge in [-0.15, -0.1) is 0 Å². The molecule has 4 N–H and O–H groups in total. The summed E-state index contributed by atoms with van der Waals surface area (Å²) in [5.74, 6) is 0.472. The lowest BCUT2D eigenvalue weighted by atomic mass is 9.96. The van der Waals surface area contributed by atoms with Gasteiger partial charge in [-0.05, 0) is 48.1 Å². The van der Waals surface area contributed by atoms with Crippen LogP contribution in [-0.2, 0) is 16.6 Å². The summed E-state index contributed by atoms with van der Waals surface area (Å²) in [4.78, 5) is 4.21. The molecule has 0 atom stereocenters. The number of anilines is 1. The van der Waals surface area contributed by atoms with Crippen molar-refractivity contribution in [2.24, 2.45) is 0 Å². The van der Waals surface area contributed by atoms with Gasteiger partial charge in [-0.3, -0.25) is 5.10 Å². The van der Waals surface area contributed by atoms with Gasteiger partial charge in [0.1, 0.15) is 10.7 Å². The molecule has 0 unspecified atom stereocenters. The molecule has 0 fully saturated rings. The largest absolute Gasteiger partial charge is 0.383 e. The van der Waals surface area contributed by atoms with Crippen molar-refractivity contribution in [2.45, 2.75) is 25.3 Å². The molecule has 23 heavy (non-hydrogen) atoms. The highest BCUT2D eigenvalue weighted by molar-refractivity contribution is 7.89. The van der Waals surface area contributed by atoms with Gasteiger partial charge in [0.25, 0.3) is 0 Å². The molecule has 7 nitrogen and oxygen atoms in total. The van der Waals surface area contributed by atoms with Crippen molar-refractivity contribution in [3.8, 4) is 0 Å². The van der Waals surface area contributed by atoms with Crippen LogP contribution in [0, 0.1) is 13.8 Å². The first-order valence-corrected chi connectivity index (χ1v) is 8.50. The number of nitrogens with two attached hydrogens (primary N) is 1. The Morgan fingerprint density at radius 2 is 2.09 bits per heavy atom. The number of fused-ring (bicyclic) bond motifs is 1. The highest BCUT2D eigenvalue weighted by Crippen LogP contribution is 2.28. The lowest BCUT2D eigenvalue weighted by Crippen LogP contribution is -2.23. The number of nitrogens with zero attached hydrogens (tertiary/aromatic N) is 2. The Morgan fingerprint density at radius 3 is 2.78 bits per heavy atom. The van der Waals surface area contributed by atoms with E-state index in [1.54, 1.807) is 6.20 Å². The molecule has 0 radical (unpaired) electrons. The van der Waals surface area contributed by atoms with Gasteiger partial charge in [0.15, 0.2) is 0 Å². The lowest BCUT2D eigenvalue weighted by Gasteiger charge is -2.14. The van der Waals surface area contributed by atoms with Gasteiger partial charge >= 0.3 is 0 Å². The smallest absolute Gasteiger partial charge is 0.243 e. The number of hydrogen-bond acceptors (Lipinski definition) is 5. The summed E-state index contributed by atoms with van der Waals surface area (Å²) in [5, 5.41) is 8.01. The fraction of sp³-hybridized carbons (Fsp3) is 0.200. The van der Waals surface area contributed by atoms with E-state index in [4.69, 9.17) is 5.73 Å². The number of aromatic nitrogens is 3. The molecule has 3 rings (SSSR count). The van der Waals surface area contributed by atoms with Crippen LogP contribution in [0.25, 0.3) is 10.8 Å². The molecular formula is C15H17N5O2S.